The van der Waals surface area contributed by atoms with E-state index in [0.29, 0.717) is 19.5 Å². The van der Waals surface area contributed by atoms with Gasteiger partial charge < -0.3 is 21.1 Å². The van der Waals surface area contributed by atoms with Gasteiger partial charge in [-0.3, -0.25) is 0 Å². The number of nitrogens with zero attached hydrogens (tertiary/aromatic N) is 1. The highest BCUT2D eigenvalue weighted by atomic mass is 16.3. The molecule has 1 rings (SSSR count). The maximum absolute atomic E-state index is 12.1. The summed E-state index contributed by atoms with van der Waals surface area (Å²) in [5.74, 6) is 0. The van der Waals surface area contributed by atoms with Crippen molar-refractivity contribution in [1.82, 2.24) is 4.90 Å². The molecule has 0 aliphatic carbocycles. The van der Waals surface area contributed by atoms with Crippen LogP contribution in [0.5, 0.6) is 0 Å². The molecule has 5 heteroatoms. The van der Waals surface area contributed by atoms with E-state index in [-0.39, 0.29) is 18.7 Å². The Morgan fingerprint density at radius 2 is 2.00 bits per heavy atom. The molecule has 0 saturated heterocycles. The largest absolute Gasteiger partial charge is 0.396 e. The summed E-state index contributed by atoms with van der Waals surface area (Å²) >= 11 is 0. The molecule has 0 saturated carbocycles. The van der Waals surface area contributed by atoms with Crippen molar-refractivity contribution in [2.75, 3.05) is 18.5 Å². The van der Waals surface area contributed by atoms with E-state index in [4.69, 9.17) is 10.8 Å². The van der Waals surface area contributed by atoms with Crippen LogP contribution < -0.4 is 11.1 Å². The van der Waals surface area contributed by atoms with E-state index in [9.17, 15) is 4.79 Å². The summed E-state index contributed by atoms with van der Waals surface area (Å²) < 4.78 is 0. The second-order valence-electron chi connectivity index (χ2n) is 4.70. The average Bonchev–Trinajstić information content (AvgIpc) is 2.39. The third-order valence-electron chi connectivity index (χ3n) is 2.88. The van der Waals surface area contributed by atoms with E-state index in [1.807, 2.05) is 38.1 Å². The number of aliphatic hydroxyl groups is 1. The van der Waals surface area contributed by atoms with E-state index < -0.39 is 0 Å². The Kier molecular flexibility index (Phi) is 6.32. The molecule has 0 fully saturated rings. The molecular weight excluding hydrogens is 242 g/mol. The minimum absolute atomic E-state index is 0.0850. The Hall–Kier alpha value is -1.59. The summed E-state index contributed by atoms with van der Waals surface area (Å²) in [7, 11) is 0. The van der Waals surface area contributed by atoms with Gasteiger partial charge in [-0.05, 0) is 38.0 Å². The standard InChI is InChI=1S/C14H23N3O2/c1-11(2)17(8-3-9-18)14(19)16-13-6-4-12(10-15)5-7-13/h4-7,11,18H,3,8-10,15H2,1-2H3,(H,16,19). The fourth-order valence-electron chi connectivity index (χ4n) is 1.75. The fourth-order valence-corrected chi connectivity index (χ4v) is 1.75. The van der Waals surface area contributed by atoms with Gasteiger partial charge in [0, 0.05) is 31.4 Å². The van der Waals surface area contributed by atoms with E-state index in [0.717, 1.165) is 11.3 Å². The highest BCUT2D eigenvalue weighted by Gasteiger charge is 2.16. The molecule has 2 amide bonds. The molecule has 0 aliphatic rings. The van der Waals surface area contributed by atoms with Crippen LogP contribution in [-0.2, 0) is 6.54 Å². The molecule has 4 N–H and O–H groups in total. The summed E-state index contributed by atoms with van der Waals surface area (Å²) in [6.45, 7) is 5.02. The van der Waals surface area contributed by atoms with Gasteiger partial charge in [-0.2, -0.15) is 0 Å². The zero-order valence-corrected chi connectivity index (χ0v) is 11.6. The molecule has 0 aromatic heterocycles. The lowest BCUT2D eigenvalue weighted by Gasteiger charge is -2.26. The van der Waals surface area contributed by atoms with Crippen LogP contribution in [-0.4, -0.2) is 35.2 Å². The summed E-state index contributed by atoms with van der Waals surface area (Å²) in [4.78, 5) is 13.8. The van der Waals surface area contributed by atoms with Crippen LogP contribution in [0.25, 0.3) is 0 Å². The minimum Gasteiger partial charge on any atom is -0.396 e. The van der Waals surface area contributed by atoms with Gasteiger partial charge in [0.25, 0.3) is 0 Å². The number of anilines is 1. The predicted molar refractivity (Wildman–Crippen MR) is 76.9 cm³/mol. The Morgan fingerprint density at radius 3 is 2.47 bits per heavy atom. The van der Waals surface area contributed by atoms with Crippen LogP contribution in [0, 0.1) is 0 Å². The number of aliphatic hydroxyl groups excluding tert-OH is 1. The molecule has 0 radical (unpaired) electrons. The van der Waals surface area contributed by atoms with Gasteiger partial charge in [-0.1, -0.05) is 12.1 Å². The lowest BCUT2D eigenvalue weighted by atomic mass is 10.2. The molecule has 0 heterocycles. The van der Waals surface area contributed by atoms with Crippen molar-refractivity contribution in [3.8, 4) is 0 Å². The van der Waals surface area contributed by atoms with Crippen molar-refractivity contribution < 1.29 is 9.90 Å². The van der Waals surface area contributed by atoms with Gasteiger partial charge in [0.05, 0.1) is 0 Å². The van der Waals surface area contributed by atoms with Crippen LogP contribution in [0.2, 0.25) is 0 Å². The van der Waals surface area contributed by atoms with Gasteiger partial charge in [0.15, 0.2) is 0 Å². The first-order chi connectivity index (χ1) is 9.08. The highest BCUT2D eigenvalue weighted by molar-refractivity contribution is 5.89. The molecular formula is C14H23N3O2. The number of nitrogens with one attached hydrogen (secondary N) is 1. The van der Waals surface area contributed by atoms with Crippen LogP contribution in [0.4, 0.5) is 10.5 Å². The lowest BCUT2D eigenvalue weighted by molar-refractivity contribution is 0.186. The third kappa shape index (κ3) is 4.89. The van der Waals surface area contributed by atoms with Gasteiger partial charge in [0.1, 0.15) is 0 Å². The van der Waals surface area contributed by atoms with Gasteiger partial charge >= 0.3 is 6.03 Å². The zero-order valence-electron chi connectivity index (χ0n) is 11.6. The first-order valence-corrected chi connectivity index (χ1v) is 6.56. The molecule has 0 spiro atoms. The number of carbonyl (C=O) groups is 1. The molecule has 0 bridgehead atoms. The molecule has 5 nitrogen and oxygen atoms in total. The second kappa shape index (κ2) is 7.76. The summed E-state index contributed by atoms with van der Waals surface area (Å²) in [5.41, 5.74) is 7.30. The second-order valence-corrected chi connectivity index (χ2v) is 4.70. The first-order valence-electron chi connectivity index (χ1n) is 6.56. The number of carbonyl (C=O) groups excluding carboxylic acids is 1. The van der Waals surface area contributed by atoms with E-state index in [2.05, 4.69) is 5.32 Å². The first kappa shape index (κ1) is 15.5. The quantitative estimate of drug-likeness (QED) is 0.733. The lowest BCUT2D eigenvalue weighted by Crippen LogP contribution is -2.40. The van der Waals surface area contributed by atoms with Crippen LogP contribution in [0.15, 0.2) is 24.3 Å². The molecule has 1 aromatic carbocycles. The Balaban J connectivity index is 2.64. The molecule has 1 aromatic rings. The Bertz CT molecular complexity index is 390. The molecule has 0 aliphatic heterocycles. The summed E-state index contributed by atoms with van der Waals surface area (Å²) in [6.07, 6.45) is 0.581. The van der Waals surface area contributed by atoms with Crippen LogP contribution in [0.3, 0.4) is 0 Å². The number of amides is 2. The smallest absolute Gasteiger partial charge is 0.322 e. The van der Waals surface area contributed by atoms with Crippen molar-refractivity contribution in [3.63, 3.8) is 0 Å². The SMILES string of the molecule is CC(C)N(CCCO)C(=O)Nc1ccc(CN)cc1. The van der Waals surface area contributed by atoms with Crippen molar-refractivity contribution >= 4 is 11.7 Å². The molecule has 19 heavy (non-hydrogen) atoms. The Morgan fingerprint density at radius 1 is 1.37 bits per heavy atom. The predicted octanol–water partition coefficient (Wildman–Crippen LogP) is 1.77. The van der Waals surface area contributed by atoms with Crippen molar-refractivity contribution in [1.29, 1.82) is 0 Å². The van der Waals surface area contributed by atoms with Gasteiger partial charge in [-0.25, -0.2) is 4.79 Å². The number of hydrogen-bond acceptors (Lipinski definition) is 3. The zero-order chi connectivity index (χ0) is 14.3. The van der Waals surface area contributed by atoms with E-state index >= 15 is 0 Å². The third-order valence-corrected chi connectivity index (χ3v) is 2.88. The maximum Gasteiger partial charge on any atom is 0.322 e. The average molecular weight is 265 g/mol. The van der Waals surface area contributed by atoms with Crippen LogP contribution in [0.1, 0.15) is 25.8 Å². The number of benzene rings is 1. The molecule has 0 unspecified atom stereocenters. The molecule has 0 atom stereocenters. The van der Waals surface area contributed by atoms with Crippen molar-refractivity contribution in [3.05, 3.63) is 29.8 Å². The minimum atomic E-state index is -0.149. The van der Waals surface area contributed by atoms with E-state index in [1.165, 1.54) is 0 Å². The fraction of sp³-hybridized carbons (Fsp3) is 0.500. The number of nitrogens with two attached hydrogens (primary N) is 1. The number of rotatable bonds is 6. The number of hydrogen-bond donors (Lipinski definition) is 3. The normalized spacial score (nSPS) is 10.6. The van der Waals surface area contributed by atoms with E-state index in [1.54, 1.807) is 4.90 Å². The molecule has 106 valence electrons. The van der Waals surface area contributed by atoms with Gasteiger partial charge in [-0.15, -0.1) is 0 Å². The summed E-state index contributed by atoms with van der Waals surface area (Å²) in [5, 5.41) is 11.7. The number of urea groups is 1. The highest BCUT2D eigenvalue weighted by Crippen LogP contribution is 2.11. The topological polar surface area (TPSA) is 78.6 Å². The van der Waals surface area contributed by atoms with Crippen molar-refractivity contribution in [2.24, 2.45) is 5.73 Å². The monoisotopic (exact) mass is 265 g/mol. The summed E-state index contributed by atoms with van der Waals surface area (Å²) in [6, 6.07) is 7.40. The Labute approximate surface area is 114 Å². The maximum atomic E-state index is 12.1. The van der Waals surface area contributed by atoms with Crippen molar-refractivity contribution in [2.45, 2.75) is 32.9 Å². The van der Waals surface area contributed by atoms with Gasteiger partial charge in [0.2, 0.25) is 0 Å². The van der Waals surface area contributed by atoms with Crippen LogP contribution >= 0.6 is 0 Å².